The Morgan fingerprint density at radius 3 is 2.70 bits per heavy atom. The Hall–Kier alpha value is -2.36. The molecule has 104 valence electrons. The first kappa shape index (κ1) is 14.1. The molecular weight excluding hydrogens is 250 g/mol. The van der Waals surface area contributed by atoms with Crippen LogP contribution in [0.1, 0.15) is 28.5 Å². The second-order valence-electron chi connectivity index (χ2n) is 4.73. The van der Waals surface area contributed by atoms with E-state index >= 15 is 0 Å². The number of carbonyl (C=O) groups excluding carboxylic acids is 1. The average Bonchev–Trinajstić information content (AvgIpc) is 2.42. The van der Waals surface area contributed by atoms with Crippen molar-refractivity contribution in [1.29, 1.82) is 0 Å². The van der Waals surface area contributed by atoms with Gasteiger partial charge in [-0.25, -0.2) is 0 Å². The molecule has 0 unspecified atom stereocenters. The van der Waals surface area contributed by atoms with E-state index in [0.29, 0.717) is 5.69 Å². The Labute approximate surface area is 119 Å². The molecule has 1 aromatic carbocycles. The quantitative estimate of drug-likeness (QED) is 0.894. The summed E-state index contributed by atoms with van der Waals surface area (Å²) in [5.41, 5.74) is 4.34. The smallest absolute Gasteiger partial charge is 0.274 e. The van der Waals surface area contributed by atoms with Crippen LogP contribution >= 0.6 is 0 Å². The summed E-state index contributed by atoms with van der Waals surface area (Å²) in [4.78, 5) is 16.3. The lowest BCUT2D eigenvalue weighted by Gasteiger charge is -2.09. The summed E-state index contributed by atoms with van der Waals surface area (Å²) in [5.74, 6) is -0.197. The largest absolute Gasteiger partial charge is 0.385 e. The summed E-state index contributed by atoms with van der Waals surface area (Å²) in [6, 6.07) is 9.53. The van der Waals surface area contributed by atoms with E-state index in [-0.39, 0.29) is 5.91 Å². The van der Waals surface area contributed by atoms with Crippen LogP contribution in [0.4, 0.5) is 11.4 Å². The van der Waals surface area contributed by atoms with Gasteiger partial charge in [-0.1, -0.05) is 17.7 Å². The van der Waals surface area contributed by atoms with Crippen LogP contribution in [-0.2, 0) is 0 Å². The molecule has 0 aliphatic rings. The maximum atomic E-state index is 12.2. The average molecular weight is 269 g/mol. The van der Waals surface area contributed by atoms with E-state index < -0.39 is 0 Å². The Morgan fingerprint density at radius 1 is 1.20 bits per heavy atom. The van der Waals surface area contributed by atoms with Gasteiger partial charge in [0.1, 0.15) is 5.69 Å². The molecule has 1 aromatic heterocycles. The molecule has 0 aliphatic carbocycles. The fourth-order valence-corrected chi connectivity index (χ4v) is 2.01. The van der Waals surface area contributed by atoms with Crippen molar-refractivity contribution in [1.82, 2.24) is 4.98 Å². The Kier molecular flexibility index (Phi) is 4.35. The molecule has 0 spiro atoms. The van der Waals surface area contributed by atoms with Gasteiger partial charge in [0.25, 0.3) is 5.91 Å². The van der Waals surface area contributed by atoms with Crippen molar-refractivity contribution >= 4 is 17.3 Å². The highest BCUT2D eigenvalue weighted by molar-refractivity contribution is 6.03. The third kappa shape index (κ3) is 3.35. The molecule has 2 N–H and O–H groups in total. The molecule has 0 saturated carbocycles. The van der Waals surface area contributed by atoms with Crippen LogP contribution in [0.3, 0.4) is 0 Å². The predicted molar refractivity (Wildman–Crippen MR) is 82.3 cm³/mol. The van der Waals surface area contributed by atoms with Crippen LogP contribution < -0.4 is 10.6 Å². The second-order valence-corrected chi connectivity index (χ2v) is 4.73. The minimum Gasteiger partial charge on any atom is -0.385 e. The summed E-state index contributed by atoms with van der Waals surface area (Å²) in [6.07, 6.45) is 1.63. The first-order valence-electron chi connectivity index (χ1n) is 6.68. The molecule has 1 amide bonds. The number of aryl methyl sites for hydroxylation is 2. The molecule has 0 fully saturated rings. The molecule has 2 aromatic rings. The van der Waals surface area contributed by atoms with E-state index in [1.807, 2.05) is 45.0 Å². The standard InChI is InChI=1S/C16H19N3O/c1-4-17-13-7-8-18-15(10-13)16(20)19-14-6-5-11(2)9-12(14)3/h5-10H,4H2,1-3H3,(H,17,18)(H,19,20). The van der Waals surface area contributed by atoms with E-state index in [4.69, 9.17) is 0 Å². The second kappa shape index (κ2) is 6.19. The van der Waals surface area contributed by atoms with E-state index in [1.165, 1.54) is 5.56 Å². The Morgan fingerprint density at radius 2 is 2.00 bits per heavy atom. The lowest BCUT2D eigenvalue weighted by molar-refractivity contribution is 0.102. The highest BCUT2D eigenvalue weighted by atomic mass is 16.1. The van der Waals surface area contributed by atoms with E-state index in [0.717, 1.165) is 23.5 Å². The zero-order chi connectivity index (χ0) is 14.5. The molecule has 0 aliphatic heterocycles. The highest BCUT2D eigenvalue weighted by Gasteiger charge is 2.09. The van der Waals surface area contributed by atoms with Crippen molar-refractivity contribution < 1.29 is 4.79 Å². The van der Waals surface area contributed by atoms with Crippen LogP contribution in [0.2, 0.25) is 0 Å². The zero-order valence-electron chi connectivity index (χ0n) is 12.0. The van der Waals surface area contributed by atoms with Crippen molar-refractivity contribution in [2.75, 3.05) is 17.2 Å². The van der Waals surface area contributed by atoms with Crippen LogP contribution in [-0.4, -0.2) is 17.4 Å². The molecule has 1 heterocycles. The summed E-state index contributed by atoms with van der Waals surface area (Å²) < 4.78 is 0. The third-order valence-electron chi connectivity index (χ3n) is 3.00. The minimum absolute atomic E-state index is 0.197. The number of hydrogen-bond donors (Lipinski definition) is 2. The van der Waals surface area contributed by atoms with Crippen LogP contribution in [0, 0.1) is 13.8 Å². The minimum atomic E-state index is -0.197. The van der Waals surface area contributed by atoms with Gasteiger partial charge in [0.2, 0.25) is 0 Å². The van der Waals surface area contributed by atoms with Gasteiger partial charge < -0.3 is 10.6 Å². The molecule has 20 heavy (non-hydrogen) atoms. The van der Waals surface area contributed by atoms with Crippen LogP contribution in [0.25, 0.3) is 0 Å². The van der Waals surface area contributed by atoms with Gasteiger partial charge in [-0.05, 0) is 44.5 Å². The maximum absolute atomic E-state index is 12.2. The monoisotopic (exact) mass is 269 g/mol. The van der Waals surface area contributed by atoms with Gasteiger partial charge in [-0.3, -0.25) is 9.78 Å². The number of carbonyl (C=O) groups is 1. The Balaban J connectivity index is 2.17. The van der Waals surface area contributed by atoms with E-state index in [2.05, 4.69) is 15.6 Å². The number of nitrogens with one attached hydrogen (secondary N) is 2. The topological polar surface area (TPSA) is 54.0 Å². The molecule has 0 bridgehead atoms. The fraction of sp³-hybridized carbons (Fsp3) is 0.250. The molecule has 2 rings (SSSR count). The van der Waals surface area contributed by atoms with Crippen molar-refractivity contribution in [3.05, 3.63) is 53.3 Å². The van der Waals surface area contributed by atoms with E-state index in [9.17, 15) is 4.79 Å². The fourth-order valence-electron chi connectivity index (χ4n) is 2.01. The molecule has 4 heteroatoms. The summed E-state index contributed by atoms with van der Waals surface area (Å²) in [6.45, 7) is 6.82. The van der Waals surface area contributed by atoms with Crippen molar-refractivity contribution in [2.24, 2.45) is 0 Å². The number of amides is 1. The molecule has 0 saturated heterocycles. The molecule has 0 radical (unpaired) electrons. The van der Waals surface area contributed by atoms with Crippen molar-refractivity contribution in [3.8, 4) is 0 Å². The zero-order valence-corrected chi connectivity index (χ0v) is 12.0. The van der Waals surface area contributed by atoms with Crippen molar-refractivity contribution in [3.63, 3.8) is 0 Å². The summed E-state index contributed by atoms with van der Waals surface area (Å²) in [7, 11) is 0. The van der Waals surface area contributed by atoms with E-state index in [1.54, 1.807) is 12.3 Å². The van der Waals surface area contributed by atoms with Gasteiger partial charge in [0.05, 0.1) is 0 Å². The number of pyridine rings is 1. The lowest BCUT2D eigenvalue weighted by atomic mass is 10.1. The molecule has 0 atom stereocenters. The molecule has 4 nitrogen and oxygen atoms in total. The number of benzene rings is 1. The van der Waals surface area contributed by atoms with Gasteiger partial charge in [0.15, 0.2) is 0 Å². The summed E-state index contributed by atoms with van der Waals surface area (Å²) in [5, 5.41) is 6.06. The lowest BCUT2D eigenvalue weighted by Crippen LogP contribution is -2.14. The van der Waals surface area contributed by atoms with Gasteiger partial charge in [-0.15, -0.1) is 0 Å². The number of nitrogens with zero attached hydrogens (tertiary/aromatic N) is 1. The number of aromatic nitrogens is 1. The summed E-state index contributed by atoms with van der Waals surface area (Å²) >= 11 is 0. The first-order valence-corrected chi connectivity index (χ1v) is 6.68. The predicted octanol–water partition coefficient (Wildman–Crippen LogP) is 3.38. The highest BCUT2D eigenvalue weighted by Crippen LogP contribution is 2.17. The Bertz CT molecular complexity index is 623. The maximum Gasteiger partial charge on any atom is 0.274 e. The third-order valence-corrected chi connectivity index (χ3v) is 3.00. The number of hydrogen-bond acceptors (Lipinski definition) is 3. The SMILES string of the molecule is CCNc1ccnc(C(=O)Nc2ccc(C)cc2C)c1. The molecular formula is C16H19N3O. The number of rotatable bonds is 4. The van der Waals surface area contributed by atoms with Crippen molar-refractivity contribution in [2.45, 2.75) is 20.8 Å². The van der Waals surface area contributed by atoms with Gasteiger partial charge >= 0.3 is 0 Å². The van der Waals surface area contributed by atoms with Gasteiger partial charge in [0, 0.05) is 24.1 Å². The van der Waals surface area contributed by atoms with Crippen LogP contribution in [0.15, 0.2) is 36.5 Å². The normalized spacial score (nSPS) is 10.2. The van der Waals surface area contributed by atoms with Gasteiger partial charge in [-0.2, -0.15) is 0 Å². The first-order chi connectivity index (χ1) is 9.60. The van der Waals surface area contributed by atoms with Crippen LogP contribution in [0.5, 0.6) is 0 Å². The number of anilines is 2.